The number of hydrogen-bond donors (Lipinski definition) is 2. The van der Waals surface area contributed by atoms with Crippen LogP contribution in [0.5, 0.6) is 0 Å². The van der Waals surface area contributed by atoms with E-state index in [9.17, 15) is 26.3 Å². The first kappa shape index (κ1) is 14.3. The van der Waals surface area contributed by atoms with Gasteiger partial charge >= 0.3 is 12.4 Å². The molecule has 0 aliphatic heterocycles. The van der Waals surface area contributed by atoms with E-state index >= 15 is 0 Å². The van der Waals surface area contributed by atoms with Crippen molar-refractivity contribution in [1.29, 1.82) is 0 Å². The van der Waals surface area contributed by atoms with Crippen molar-refractivity contribution < 1.29 is 31.5 Å². The van der Waals surface area contributed by atoms with Crippen LogP contribution in [0, 0.1) is 0 Å². The number of benzene rings is 1. The summed E-state index contributed by atoms with van der Waals surface area (Å²) in [5.41, 5.74) is -2.15. The number of halogens is 6. The summed E-state index contributed by atoms with van der Waals surface area (Å²) in [5, 5.41) is 8.14. The van der Waals surface area contributed by atoms with Crippen molar-refractivity contribution in [3.63, 3.8) is 0 Å². The smallest absolute Gasteiger partial charge is 0.290 e. The molecule has 0 unspecified atom stereocenters. The highest BCUT2D eigenvalue weighted by Gasteiger charge is 2.36. The molecule has 18 heavy (non-hydrogen) atoms. The summed E-state index contributed by atoms with van der Waals surface area (Å²) < 4.78 is 74.2. The van der Waals surface area contributed by atoms with Gasteiger partial charge in [0.05, 0.1) is 16.8 Å². The van der Waals surface area contributed by atoms with E-state index in [2.05, 4.69) is 4.99 Å². The molecule has 2 N–H and O–H groups in total. The van der Waals surface area contributed by atoms with E-state index in [1.54, 1.807) is 0 Å². The highest BCUT2D eigenvalue weighted by atomic mass is 19.4. The average molecular weight is 272 g/mol. The van der Waals surface area contributed by atoms with Crippen molar-refractivity contribution >= 4 is 12.0 Å². The van der Waals surface area contributed by atoms with E-state index in [1.165, 1.54) is 5.48 Å². The molecule has 0 saturated heterocycles. The summed E-state index contributed by atoms with van der Waals surface area (Å²) in [6.45, 7) is 0. The lowest BCUT2D eigenvalue weighted by atomic mass is 10.1. The fraction of sp³-hybridized carbons (Fsp3) is 0.222. The molecule has 1 rings (SSSR count). The van der Waals surface area contributed by atoms with Crippen molar-refractivity contribution in [2.75, 3.05) is 0 Å². The second-order valence-electron chi connectivity index (χ2n) is 3.15. The number of nitrogens with zero attached hydrogens (tertiary/aromatic N) is 1. The molecule has 0 aliphatic carbocycles. The zero-order valence-corrected chi connectivity index (χ0v) is 8.47. The fourth-order valence-corrected chi connectivity index (χ4v) is 1.12. The number of alkyl halides is 6. The topological polar surface area (TPSA) is 44.6 Å². The molecule has 0 aromatic heterocycles. The van der Waals surface area contributed by atoms with Gasteiger partial charge in [-0.2, -0.15) is 26.3 Å². The Balaban J connectivity index is 3.34. The molecular formula is C9H6F6N2O. The van der Waals surface area contributed by atoms with Gasteiger partial charge in [0, 0.05) is 0 Å². The summed E-state index contributed by atoms with van der Waals surface area (Å²) in [7, 11) is 0. The van der Waals surface area contributed by atoms with E-state index in [-0.39, 0.29) is 6.07 Å². The Morgan fingerprint density at radius 1 is 0.944 bits per heavy atom. The maximum atomic E-state index is 12.4. The first-order valence-electron chi connectivity index (χ1n) is 4.36. The van der Waals surface area contributed by atoms with E-state index < -0.39 is 29.2 Å². The average Bonchev–Trinajstić information content (AvgIpc) is 2.23. The molecular weight excluding hydrogens is 266 g/mol. The van der Waals surface area contributed by atoms with Crippen LogP contribution in [0.15, 0.2) is 23.2 Å². The molecule has 0 bridgehead atoms. The normalized spacial score (nSPS) is 13.1. The molecule has 1 aromatic rings. The molecule has 0 fully saturated rings. The zero-order chi connectivity index (χ0) is 14.0. The Hall–Kier alpha value is -1.77. The van der Waals surface area contributed by atoms with Crippen LogP contribution < -0.4 is 5.48 Å². The molecule has 3 nitrogen and oxygen atoms in total. The largest absolute Gasteiger partial charge is 0.416 e. The quantitative estimate of drug-likeness (QED) is 0.375. The van der Waals surface area contributed by atoms with Gasteiger partial charge in [0.2, 0.25) is 0 Å². The maximum Gasteiger partial charge on any atom is 0.416 e. The summed E-state index contributed by atoms with van der Waals surface area (Å²) >= 11 is 0. The molecule has 0 amide bonds. The Morgan fingerprint density at radius 2 is 1.39 bits per heavy atom. The lowest BCUT2D eigenvalue weighted by Gasteiger charge is -2.12. The van der Waals surface area contributed by atoms with Crippen LogP contribution >= 0.6 is 0 Å². The van der Waals surface area contributed by atoms with Gasteiger partial charge in [0.15, 0.2) is 0 Å². The van der Waals surface area contributed by atoms with Gasteiger partial charge in [-0.25, -0.2) is 4.99 Å². The number of aliphatic imine (C=N–C) groups is 1. The van der Waals surface area contributed by atoms with Gasteiger partial charge in [-0.1, -0.05) is 0 Å². The molecule has 1 aromatic carbocycles. The Kier molecular flexibility index (Phi) is 3.85. The van der Waals surface area contributed by atoms with E-state index in [0.29, 0.717) is 18.5 Å². The predicted octanol–water partition coefficient (Wildman–Crippen LogP) is 3.36. The monoisotopic (exact) mass is 272 g/mol. The lowest BCUT2D eigenvalue weighted by molar-refractivity contribution is -0.143. The Morgan fingerprint density at radius 3 is 1.72 bits per heavy atom. The predicted molar refractivity (Wildman–Crippen MR) is 49.5 cm³/mol. The molecule has 100 valence electrons. The molecule has 0 radical (unpaired) electrons. The molecule has 0 saturated carbocycles. The number of hydroxylamine groups is 1. The van der Waals surface area contributed by atoms with Crippen molar-refractivity contribution in [2.24, 2.45) is 4.99 Å². The number of nitrogens with one attached hydrogen (secondary N) is 1. The third kappa shape index (κ3) is 3.62. The standard InChI is InChI=1S/C9H6F6N2O/c10-8(11,12)5-1-6(9(13,14)15)3-7(2-5)16-4-17-18/h1-4,18H,(H,16,17). The van der Waals surface area contributed by atoms with Crippen LogP contribution in [0.2, 0.25) is 0 Å². The first-order valence-corrected chi connectivity index (χ1v) is 4.36. The summed E-state index contributed by atoms with van der Waals surface area (Å²) in [5.74, 6) is 0. The highest BCUT2D eigenvalue weighted by Crippen LogP contribution is 2.38. The minimum atomic E-state index is -4.92. The zero-order valence-electron chi connectivity index (χ0n) is 8.47. The molecule has 0 heterocycles. The second kappa shape index (κ2) is 4.84. The fourth-order valence-electron chi connectivity index (χ4n) is 1.12. The van der Waals surface area contributed by atoms with Crippen LogP contribution in [0.25, 0.3) is 0 Å². The van der Waals surface area contributed by atoms with E-state index in [1.807, 2.05) is 0 Å². The second-order valence-corrected chi connectivity index (χ2v) is 3.15. The minimum absolute atomic E-state index is 0.00854. The van der Waals surface area contributed by atoms with Crippen molar-refractivity contribution in [3.8, 4) is 0 Å². The molecule has 9 heteroatoms. The van der Waals surface area contributed by atoms with Crippen LogP contribution in [0.4, 0.5) is 32.0 Å². The van der Waals surface area contributed by atoms with Crippen LogP contribution in [0.1, 0.15) is 11.1 Å². The molecule has 0 aliphatic rings. The van der Waals surface area contributed by atoms with Gasteiger partial charge in [-0.15, -0.1) is 0 Å². The summed E-state index contributed by atoms with van der Waals surface area (Å²) in [6, 6.07) is 0.859. The van der Waals surface area contributed by atoms with Gasteiger partial charge in [-0.3, -0.25) is 10.7 Å². The van der Waals surface area contributed by atoms with E-state index in [4.69, 9.17) is 5.21 Å². The maximum absolute atomic E-state index is 12.4. The van der Waals surface area contributed by atoms with Gasteiger partial charge < -0.3 is 0 Å². The van der Waals surface area contributed by atoms with Gasteiger partial charge in [-0.05, 0) is 18.2 Å². The van der Waals surface area contributed by atoms with Crippen molar-refractivity contribution in [3.05, 3.63) is 29.3 Å². The van der Waals surface area contributed by atoms with Crippen molar-refractivity contribution in [1.82, 2.24) is 5.48 Å². The van der Waals surface area contributed by atoms with Crippen LogP contribution in [-0.4, -0.2) is 11.5 Å². The van der Waals surface area contributed by atoms with E-state index in [0.717, 1.165) is 0 Å². The number of rotatable bonds is 2. The third-order valence-corrected chi connectivity index (χ3v) is 1.84. The van der Waals surface area contributed by atoms with Gasteiger partial charge in [0.25, 0.3) is 0 Å². The van der Waals surface area contributed by atoms with Gasteiger partial charge in [0.1, 0.15) is 6.34 Å². The first-order chi connectivity index (χ1) is 8.14. The minimum Gasteiger partial charge on any atom is -0.290 e. The Bertz CT molecular complexity index is 419. The van der Waals surface area contributed by atoms with Crippen LogP contribution in [-0.2, 0) is 12.4 Å². The molecule has 0 spiro atoms. The number of hydrogen-bond acceptors (Lipinski definition) is 2. The summed E-state index contributed by atoms with van der Waals surface area (Å²) in [6.07, 6.45) is -9.29. The Labute approximate surface area is 96.7 Å². The van der Waals surface area contributed by atoms with Crippen LogP contribution in [0.3, 0.4) is 0 Å². The highest BCUT2D eigenvalue weighted by molar-refractivity contribution is 5.61. The SMILES string of the molecule is ONC=Nc1cc(C(F)(F)F)cc(C(F)(F)F)c1. The lowest BCUT2D eigenvalue weighted by Crippen LogP contribution is -2.10. The third-order valence-electron chi connectivity index (χ3n) is 1.84. The summed E-state index contributed by atoms with van der Waals surface area (Å²) in [4.78, 5) is 3.19. The van der Waals surface area contributed by atoms with Crippen molar-refractivity contribution in [2.45, 2.75) is 12.4 Å². The molecule has 0 atom stereocenters.